The fraction of sp³-hybridized carbons (Fsp3) is 0.200. The van der Waals surface area contributed by atoms with Gasteiger partial charge in [0.05, 0.1) is 5.69 Å². The van der Waals surface area contributed by atoms with Crippen molar-refractivity contribution in [1.82, 2.24) is 9.78 Å². The number of benzene rings is 1. The Morgan fingerprint density at radius 1 is 1.28 bits per heavy atom. The van der Waals surface area contributed by atoms with Crippen molar-refractivity contribution in [3.8, 4) is 0 Å². The molecule has 0 saturated carbocycles. The van der Waals surface area contributed by atoms with Crippen LogP contribution in [0.2, 0.25) is 0 Å². The van der Waals surface area contributed by atoms with Crippen LogP contribution < -0.4 is 0 Å². The molecule has 2 rings (SSSR count). The van der Waals surface area contributed by atoms with Crippen molar-refractivity contribution in [3.05, 3.63) is 65.5 Å². The lowest BCUT2D eigenvalue weighted by Gasteiger charge is -1.98. The first-order valence-electron chi connectivity index (χ1n) is 5.95. The van der Waals surface area contributed by atoms with Gasteiger partial charge in [-0.15, -0.1) is 0 Å². The molecule has 92 valence electrons. The van der Waals surface area contributed by atoms with Crippen LogP contribution in [-0.4, -0.2) is 15.7 Å². The van der Waals surface area contributed by atoms with Crippen LogP contribution in [0.1, 0.15) is 21.7 Å². The summed E-state index contributed by atoms with van der Waals surface area (Å²) < 4.78 is 1.43. The van der Waals surface area contributed by atoms with E-state index in [4.69, 9.17) is 0 Å². The SMILES string of the molecule is Cc1cc(C)n(C(=O)/C=C/Cc2ccccc2)n1. The molecule has 3 nitrogen and oxygen atoms in total. The molecule has 18 heavy (non-hydrogen) atoms. The number of hydrogen-bond donors (Lipinski definition) is 0. The third-order valence-corrected chi connectivity index (χ3v) is 2.68. The maximum Gasteiger partial charge on any atom is 0.270 e. The topological polar surface area (TPSA) is 34.9 Å². The molecule has 0 amide bonds. The summed E-state index contributed by atoms with van der Waals surface area (Å²) in [6.45, 7) is 3.76. The van der Waals surface area contributed by atoms with Gasteiger partial charge in [0.15, 0.2) is 0 Å². The molecule has 2 aromatic rings. The molecule has 0 radical (unpaired) electrons. The smallest absolute Gasteiger partial charge is 0.267 e. The van der Waals surface area contributed by atoms with Crippen molar-refractivity contribution in [2.75, 3.05) is 0 Å². The van der Waals surface area contributed by atoms with E-state index in [9.17, 15) is 4.79 Å². The molecule has 0 bridgehead atoms. The lowest BCUT2D eigenvalue weighted by atomic mass is 10.1. The number of nitrogens with zero attached hydrogens (tertiary/aromatic N) is 2. The minimum Gasteiger partial charge on any atom is -0.267 e. The minimum absolute atomic E-state index is 0.100. The summed E-state index contributed by atoms with van der Waals surface area (Å²) >= 11 is 0. The Kier molecular flexibility index (Phi) is 3.72. The summed E-state index contributed by atoms with van der Waals surface area (Å²) in [7, 11) is 0. The van der Waals surface area contributed by atoms with Crippen LogP contribution in [0.15, 0.2) is 48.6 Å². The predicted molar refractivity (Wildman–Crippen MR) is 71.6 cm³/mol. The van der Waals surface area contributed by atoms with E-state index in [0.717, 1.165) is 17.8 Å². The number of rotatable bonds is 3. The second-order valence-electron chi connectivity index (χ2n) is 4.27. The van der Waals surface area contributed by atoms with Crippen molar-refractivity contribution < 1.29 is 4.79 Å². The fourth-order valence-electron chi connectivity index (χ4n) is 1.83. The Bertz CT molecular complexity index is 567. The lowest BCUT2D eigenvalue weighted by molar-refractivity contribution is 0.0951. The molecule has 0 saturated heterocycles. The van der Waals surface area contributed by atoms with Crippen LogP contribution in [0.25, 0.3) is 0 Å². The van der Waals surface area contributed by atoms with Crippen LogP contribution >= 0.6 is 0 Å². The number of aryl methyl sites for hydroxylation is 2. The van der Waals surface area contributed by atoms with E-state index in [2.05, 4.69) is 5.10 Å². The van der Waals surface area contributed by atoms with Gasteiger partial charge in [0.1, 0.15) is 0 Å². The maximum atomic E-state index is 11.9. The van der Waals surface area contributed by atoms with Gasteiger partial charge in [-0.3, -0.25) is 4.79 Å². The summed E-state index contributed by atoms with van der Waals surface area (Å²) in [5.41, 5.74) is 2.91. The highest BCUT2D eigenvalue weighted by Crippen LogP contribution is 2.03. The fourth-order valence-corrected chi connectivity index (χ4v) is 1.83. The van der Waals surface area contributed by atoms with Crippen molar-refractivity contribution >= 4 is 5.91 Å². The molecule has 0 aliphatic carbocycles. The number of carbonyl (C=O) groups is 1. The van der Waals surface area contributed by atoms with Crippen LogP contribution in [0, 0.1) is 13.8 Å². The van der Waals surface area contributed by atoms with Crippen LogP contribution in [-0.2, 0) is 6.42 Å². The zero-order chi connectivity index (χ0) is 13.0. The summed E-state index contributed by atoms with van der Waals surface area (Å²) in [6.07, 6.45) is 4.20. The molecule has 3 heteroatoms. The van der Waals surface area contributed by atoms with Gasteiger partial charge in [-0.1, -0.05) is 36.4 Å². The van der Waals surface area contributed by atoms with E-state index in [1.807, 2.05) is 56.3 Å². The van der Waals surface area contributed by atoms with Gasteiger partial charge in [-0.25, -0.2) is 4.68 Å². The zero-order valence-electron chi connectivity index (χ0n) is 10.6. The third-order valence-electron chi connectivity index (χ3n) is 2.68. The second-order valence-corrected chi connectivity index (χ2v) is 4.27. The summed E-state index contributed by atoms with van der Waals surface area (Å²) in [5, 5.41) is 4.15. The van der Waals surface area contributed by atoms with E-state index < -0.39 is 0 Å². The van der Waals surface area contributed by atoms with Gasteiger partial charge >= 0.3 is 0 Å². The van der Waals surface area contributed by atoms with Crippen molar-refractivity contribution in [1.29, 1.82) is 0 Å². The highest BCUT2D eigenvalue weighted by atomic mass is 16.2. The Balaban J connectivity index is 2.02. The van der Waals surface area contributed by atoms with Crippen LogP contribution in [0.4, 0.5) is 0 Å². The van der Waals surface area contributed by atoms with Crippen molar-refractivity contribution in [3.63, 3.8) is 0 Å². The van der Waals surface area contributed by atoms with Gasteiger partial charge in [-0.2, -0.15) is 5.10 Å². The number of hydrogen-bond acceptors (Lipinski definition) is 2. The minimum atomic E-state index is -0.100. The third kappa shape index (κ3) is 2.94. The van der Waals surface area contributed by atoms with E-state index in [1.165, 1.54) is 10.2 Å². The number of aromatic nitrogens is 2. The molecule has 0 fully saturated rings. The molecule has 0 aliphatic rings. The zero-order valence-corrected chi connectivity index (χ0v) is 10.6. The summed E-state index contributed by atoms with van der Waals surface area (Å²) in [4.78, 5) is 11.9. The van der Waals surface area contributed by atoms with E-state index in [-0.39, 0.29) is 5.91 Å². The van der Waals surface area contributed by atoms with Gasteiger partial charge < -0.3 is 0 Å². The Hall–Kier alpha value is -2.16. The summed E-state index contributed by atoms with van der Waals surface area (Å²) in [6, 6.07) is 11.9. The number of allylic oxidation sites excluding steroid dienone is 2. The molecule has 1 aromatic heterocycles. The number of carbonyl (C=O) groups excluding carboxylic acids is 1. The quantitative estimate of drug-likeness (QED) is 0.773. The maximum absolute atomic E-state index is 11.9. The van der Waals surface area contributed by atoms with Crippen molar-refractivity contribution in [2.24, 2.45) is 0 Å². The standard InChI is InChI=1S/C15H16N2O/c1-12-11-13(2)17(16-12)15(18)10-6-9-14-7-4-3-5-8-14/h3-8,10-11H,9H2,1-2H3/b10-6+. The first-order chi connectivity index (χ1) is 8.66. The highest BCUT2D eigenvalue weighted by Gasteiger charge is 2.05. The first kappa shape index (κ1) is 12.3. The molecule has 0 unspecified atom stereocenters. The van der Waals surface area contributed by atoms with E-state index in [0.29, 0.717) is 0 Å². The second kappa shape index (κ2) is 5.45. The van der Waals surface area contributed by atoms with Gasteiger partial charge in [0.25, 0.3) is 5.91 Å². The molecule has 0 N–H and O–H groups in total. The highest BCUT2D eigenvalue weighted by molar-refractivity contribution is 5.89. The largest absolute Gasteiger partial charge is 0.270 e. The first-order valence-corrected chi connectivity index (χ1v) is 5.95. The predicted octanol–water partition coefficient (Wildman–Crippen LogP) is 2.94. The van der Waals surface area contributed by atoms with Gasteiger partial charge in [0.2, 0.25) is 0 Å². The van der Waals surface area contributed by atoms with Gasteiger partial charge in [0, 0.05) is 11.8 Å². The molecule has 1 heterocycles. The lowest BCUT2D eigenvalue weighted by Crippen LogP contribution is -2.11. The molecular weight excluding hydrogens is 224 g/mol. The monoisotopic (exact) mass is 240 g/mol. The molecule has 0 atom stereocenters. The average molecular weight is 240 g/mol. The summed E-state index contributed by atoms with van der Waals surface area (Å²) in [5.74, 6) is -0.100. The van der Waals surface area contributed by atoms with E-state index >= 15 is 0 Å². The van der Waals surface area contributed by atoms with Crippen molar-refractivity contribution in [2.45, 2.75) is 20.3 Å². The van der Waals surface area contributed by atoms with E-state index in [1.54, 1.807) is 6.08 Å². The van der Waals surface area contributed by atoms with Crippen LogP contribution in [0.5, 0.6) is 0 Å². The Morgan fingerprint density at radius 3 is 2.61 bits per heavy atom. The molecule has 0 aliphatic heterocycles. The molecule has 1 aromatic carbocycles. The Morgan fingerprint density at radius 2 is 2.00 bits per heavy atom. The van der Waals surface area contributed by atoms with Gasteiger partial charge in [-0.05, 0) is 31.9 Å². The van der Waals surface area contributed by atoms with Crippen LogP contribution in [0.3, 0.4) is 0 Å². The normalized spacial score (nSPS) is 11.0. The Labute approximate surface area is 107 Å². The average Bonchev–Trinajstić information content (AvgIpc) is 2.70. The molecule has 0 spiro atoms. The molecular formula is C15H16N2O.